The van der Waals surface area contributed by atoms with Crippen molar-refractivity contribution < 1.29 is 9.59 Å². The number of nitrogens with zero attached hydrogens (tertiary/aromatic N) is 2. The Balaban J connectivity index is 2.23. The molecule has 1 saturated heterocycles. The molecule has 1 aromatic rings. The summed E-state index contributed by atoms with van der Waals surface area (Å²) in [5.41, 5.74) is 9.92. The van der Waals surface area contributed by atoms with Gasteiger partial charge in [0.25, 0.3) is 0 Å². The highest BCUT2D eigenvalue weighted by Gasteiger charge is 2.38. The summed E-state index contributed by atoms with van der Waals surface area (Å²) in [6, 6.07) is 4.13. The second-order valence-electron chi connectivity index (χ2n) is 6.69. The van der Waals surface area contributed by atoms with Crippen molar-refractivity contribution in [2.24, 2.45) is 11.7 Å². The van der Waals surface area contributed by atoms with Crippen LogP contribution < -0.4 is 10.6 Å². The molecule has 2 rings (SSSR count). The summed E-state index contributed by atoms with van der Waals surface area (Å²) in [4.78, 5) is 28.5. The number of hydrogen-bond acceptors (Lipinski definition) is 3. The molecule has 0 bridgehead atoms. The Morgan fingerprint density at radius 2 is 1.91 bits per heavy atom. The van der Waals surface area contributed by atoms with Crippen LogP contribution in [0.15, 0.2) is 12.1 Å². The molecular weight excluding hydrogens is 290 g/mol. The highest BCUT2D eigenvalue weighted by molar-refractivity contribution is 6.01. The third-order valence-electron chi connectivity index (χ3n) is 4.73. The number of hydrogen-bond donors (Lipinski definition) is 1. The topological polar surface area (TPSA) is 66.6 Å². The molecule has 1 heterocycles. The largest absolute Gasteiger partial charge is 0.341 e. The van der Waals surface area contributed by atoms with Crippen molar-refractivity contribution >= 4 is 17.5 Å². The van der Waals surface area contributed by atoms with Crippen LogP contribution in [0.25, 0.3) is 0 Å². The Morgan fingerprint density at radius 3 is 2.43 bits per heavy atom. The Morgan fingerprint density at radius 1 is 1.35 bits per heavy atom. The first-order valence-corrected chi connectivity index (χ1v) is 8.11. The second-order valence-corrected chi connectivity index (χ2v) is 6.69. The molecule has 1 fully saturated rings. The fourth-order valence-electron chi connectivity index (χ4n) is 3.35. The molecule has 0 radical (unpaired) electrons. The van der Waals surface area contributed by atoms with Crippen LogP contribution in [-0.2, 0) is 9.59 Å². The van der Waals surface area contributed by atoms with Crippen molar-refractivity contribution in [1.82, 2.24) is 4.90 Å². The van der Waals surface area contributed by atoms with Crippen LogP contribution in [0.1, 0.15) is 30.0 Å². The van der Waals surface area contributed by atoms with Gasteiger partial charge in [-0.25, -0.2) is 0 Å². The van der Waals surface area contributed by atoms with Crippen LogP contribution >= 0.6 is 0 Å². The molecule has 1 aliphatic rings. The van der Waals surface area contributed by atoms with Gasteiger partial charge >= 0.3 is 0 Å². The number of likely N-dealkylation sites (N-methyl/N-ethyl adjacent to an activating group) is 1. The predicted octanol–water partition coefficient (Wildman–Crippen LogP) is 1.77. The maximum absolute atomic E-state index is 12.6. The summed E-state index contributed by atoms with van der Waals surface area (Å²) in [5.74, 6) is -0.268. The lowest BCUT2D eigenvalue weighted by Gasteiger charge is -2.27. The standard InChI is InChI=1S/C18H27N3O2/c1-11-6-12(2)17(13(3)7-11)21-10-15(8-16(21)22)18(23)20(5)14(4)9-19/h6-7,14-15H,8-10,19H2,1-5H3. The monoisotopic (exact) mass is 317 g/mol. The summed E-state index contributed by atoms with van der Waals surface area (Å²) in [6.45, 7) is 8.86. The van der Waals surface area contributed by atoms with Gasteiger partial charge in [-0.3, -0.25) is 9.59 Å². The molecule has 0 saturated carbocycles. The summed E-state index contributed by atoms with van der Waals surface area (Å²) in [6.07, 6.45) is 0.271. The molecule has 0 aliphatic carbocycles. The number of rotatable bonds is 4. The molecule has 0 aromatic heterocycles. The van der Waals surface area contributed by atoms with Crippen LogP contribution in [0.2, 0.25) is 0 Å². The fraction of sp³-hybridized carbons (Fsp3) is 0.556. The van der Waals surface area contributed by atoms with Crippen molar-refractivity contribution in [3.05, 3.63) is 28.8 Å². The molecular formula is C18H27N3O2. The molecule has 2 N–H and O–H groups in total. The Bertz CT molecular complexity index is 604. The van der Waals surface area contributed by atoms with E-state index in [0.29, 0.717) is 13.1 Å². The van der Waals surface area contributed by atoms with Gasteiger partial charge in [-0.05, 0) is 38.8 Å². The molecule has 1 aliphatic heterocycles. The maximum Gasteiger partial charge on any atom is 0.228 e. The summed E-state index contributed by atoms with van der Waals surface area (Å²) >= 11 is 0. The summed E-state index contributed by atoms with van der Waals surface area (Å²) in [5, 5.41) is 0. The van der Waals surface area contributed by atoms with Crippen LogP contribution in [0.5, 0.6) is 0 Å². The molecule has 2 unspecified atom stereocenters. The second kappa shape index (κ2) is 6.71. The minimum Gasteiger partial charge on any atom is -0.341 e. The summed E-state index contributed by atoms with van der Waals surface area (Å²) < 4.78 is 0. The van der Waals surface area contributed by atoms with Crippen molar-refractivity contribution in [2.45, 2.75) is 40.2 Å². The van der Waals surface area contributed by atoms with Crippen LogP contribution in [-0.4, -0.2) is 42.9 Å². The zero-order valence-electron chi connectivity index (χ0n) is 14.7. The minimum atomic E-state index is -0.290. The van der Waals surface area contributed by atoms with E-state index < -0.39 is 0 Å². The lowest BCUT2D eigenvalue weighted by atomic mass is 10.0. The molecule has 5 heteroatoms. The van der Waals surface area contributed by atoms with Crippen molar-refractivity contribution in [2.75, 3.05) is 25.0 Å². The lowest BCUT2D eigenvalue weighted by molar-refractivity contribution is -0.136. The lowest BCUT2D eigenvalue weighted by Crippen LogP contribution is -2.43. The first-order chi connectivity index (χ1) is 10.8. The number of nitrogens with two attached hydrogens (primary N) is 1. The quantitative estimate of drug-likeness (QED) is 0.920. The average Bonchev–Trinajstić information content (AvgIpc) is 2.85. The maximum atomic E-state index is 12.6. The first kappa shape index (κ1) is 17.5. The van der Waals surface area contributed by atoms with E-state index in [1.54, 1.807) is 16.8 Å². The van der Waals surface area contributed by atoms with E-state index in [1.165, 1.54) is 5.56 Å². The smallest absolute Gasteiger partial charge is 0.228 e. The van der Waals surface area contributed by atoms with Gasteiger partial charge in [0.05, 0.1) is 5.92 Å². The van der Waals surface area contributed by atoms with E-state index in [2.05, 4.69) is 12.1 Å². The van der Waals surface area contributed by atoms with E-state index >= 15 is 0 Å². The normalized spacial score (nSPS) is 19.1. The zero-order valence-corrected chi connectivity index (χ0v) is 14.7. The SMILES string of the molecule is Cc1cc(C)c(N2CC(C(=O)N(C)C(C)CN)CC2=O)c(C)c1. The Kier molecular flexibility index (Phi) is 5.09. The Labute approximate surface area is 138 Å². The average molecular weight is 317 g/mol. The van der Waals surface area contributed by atoms with Gasteiger partial charge in [-0.2, -0.15) is 0 Å². The van der Waals surface area contributed by atoms with Gasteiger partial charge in [-0.15, -0.1) is 0 Å². The summed E-state index contributed by atoms with van der Waals surface area (Å²) in [7, 11) is 1.76. The van der Waals surface area contributed by atoms with Gasteiger partial charge in [-0.1, -0.05) is 17.7 Å². The third-order valence-corrected chi connectivity index (χ3v) is 4.73. The van der Waals surface area contributed by atoms with Crippen LogP contribution in [0.4, 0.5) is 5.69 Å². The number of carbonyl (C=O) groups is 2. The van der Waals surface area contributed by atoms with Crippen LogP contribution in [0.3, 0.4) is 0 Å². The van der Waals surface area contributed by atoms with E-state index in [4.69, 9.17) is 5.73 Å². The van der Waals surface area contributed by atoms with E-state index in [-0.39, 0.29) is 30.2 Å². The Hall–Kier alpha value is -1.88. The van der Waals surface area contributed by atoms with Gasteiger partial charge < -0.3 is 15.5 Å². The van der Waals surface area contributed by atoms with Crippen molar-refractivity contribution in [1.29, 1.82) is 0 Å². The zero-order chi connectivity index (χ0) is 17.3. The van der Waals surface area contributed by atoms with E-state index in [9.17, 15) is 9.59 Å². The predicted molar refractivity (Wildman–Crippen MR) is 92.4 cm³/mol. The molecule has 2 atom stereocenters. The molecule has 126 valence electrons. The first-order valence-electron chi connectivity index (χ1n) is 8.11. The number of aryl methyl sites for hydroxylation is 3. The van der Waals surface area contributed by atoms with Crippen molar-refractivity contribution in [3.63, 3.8) is 0 Å². The van der Waals surface area contributed by atoms with E-state index in [1.807, 2.05) is 27.7 Å². The molecule has 2 amide bonds. The van der Waals surface area contributed by atoms with Crippen molar-refractivity contribution in [3.8, 4) is 0 Å². The highest BCUT2D eigenvalue weighted by Crippen LogP contribution is 2.32. The van der Waals surface area contributed by atoms with E-state index in [0.717, 1.165) is 16.8 Å². The molecule has 0 spiro atoms. The number of anilines is 1. The van der Waals surface area contributed by atoms with Gasteiger partial charge in [0, 0.05) is 38.3 Å². The fourth-order valence-corrected chi connectivity index (χ4v) is 3.35. The van der Waals surface area contributed by atoms with Crippen LogP contribution in [0, 0.1) is 26.7 Å². The molecule has 1 aromatic carbocycles. The number of amides is 2. The minimum absolute atomic E-state index is 0.00113. The highest BCUT2D eigenvalue weighted by atomic mass is 16.2. The third kappa shape index (κ3) is 3.39. The van der Waals surface area contributed by atoms with Gasteiger partial charge in [0.2, 0.25) is 11.8 Å². The van der Waals surface area contributed by atoms with Gasteiger partial charge in [0.15, 0.2) is 0 Å². The number of benzene rings is 1. The molecule has 5 nitrogen and oxygen atoms in total. The molecule has 23 heavy (non-hydrogen) atoms. The van der Waals surface area contributed by atoms with Gasteiger partial charge in [0.1, 0.15) is 0 Å². The number of carbonyl (C=O) groups excluding carboxylic acids is 2.